The van der Waals surface area contributed by atoms with Gasteiger partial charge in [0.05, 0.1) is 0 Å². The molecule has 5 rings (SSSR count). The number of imidazole rings is 1. The lowest BCUT2D eigenvalue weighted by atomic mass is 9.95. The van der Waals surface area contributed by atoms with Crippen molar-refractivity contribution in [3.8, 4) is 11.3 Å². The maximum absolute atomic E-state index is 13.1. The number of rotatable bonds is 8. The summed E-state index contributed by atoms with van der Waals surface area (Å²) in [6.07, 6.45) is 8.00. The molecule has 1 atom stereocenters. The summed E-state index contributed by atoms with van der Waals surface area (Å²) in [7, 11) is 0. The van der Waals surface area contributed by atoms with E-state index in [1.807, 2.05) is 47.0 Å². The molecule has 1 amide bonds. The van der Waals surface area contributed by atoms with E-state index >= 15 is 0 Å². The molecule has 2 aromatic carbocycles. The number of benzene rings is 2. The molecule has 2 aromatic heterocycles. The third-order valence-corrected chi connectivity index (χ3v) is 7.01. The molecule has 2 heterocycles. The van der Waals surface area contributed by atoms with Gasteiger partial charge in [-0.25, -0.2) is 9.78 Å². The van der Waals surface area contributed by atoms with Crippen LogP contribution in [0.4, 0.5) is 5.82 Å². The summed E-state index contributed by atoms with van der Waals surface area (Å²) in [5.74, 6) is -0.584. The zero-order valence-corrected chi connectivity index (χ0v) is 21.0. The molecular weight excluding hydrogens is 464 g/mol. The van der Waals surface area contributed by atoms with Gasteiger partial charge in [0, 0.05) is 29.8 Å². The van der Waals surface area contributed by atoms with E-state index in [2.05, 4.69) is 35.8 Å². The average molecular weight is 497 g/mol. The third kappa shape index (κ3) is 5.66. The molecule has 3 N–H and O–H groups in total. The second kappa shape index (κ2) is 10.9. The third-order valence-electron chi connectivity index (χ3n) is 7.01. The van der Waals surface area contributed by atoms with Crippen molar-refractivity contribution in [2.24, 2.45) is 0 Å². The first-order chi connectivity index (χ1) is 18.0. The molecule has 1 aliphatic rings. The van der Waals surface area contributed by atoms with Crippen molar-refractivity contribution in [2.45, 2.75) is 57.5 Å². The van der Waals surface area contributed by atoms with Crippen molar-refractivity contribution >= 4 is 23.3 Å². The Labute approximate surface area is 216 Å². The van der Waals surface area contributed by atoms with Crippen LogP contribution in [-0.2, 0) is 11.2 Å². The van der Waals surface area contributed by atoms with Gasteiger partial charge in [0.15, 0.2) is 0 Å². The van der Waals surface area contributed by atoms with Crippen molar-refractivity contribution in [3.63, 3.8) is 0 Å². The van der Waals surface area contributed by atoms with Crippen molar-refractivity contribution in [2.75, 3.05) is 5.32 Å². The van der Waals surface area contributed by atoms with E-state index in [-0.39, 0.29) is 6.42 Å². The number of pyridine rings is 1. The highest BCUT2D eigenvalue weighted by Crippen LogP contribution is 2.32. The molecule has 0 saturated heterocycles. The molecule has 1 aliphatic carbocycles. The second-order valence-corrected chi connectivity index (χ2v) is 9.86. The largest absolute Gasteiger partial charge is 0.480 e. The summed E-state index contributed by atoms with van der Waals surface area (Å²) in [5.41, 5.74) is 4.87. The second-order valence-electron chi connectivity index (χ2n) is 9.86. The number of carbonyl (C=O) groups is 2. The Balaban J connectivity index is 1.45. The number of carboxylic acids is 1. The van der Waals surface area contributed by atoms with E-state index < -0.39 is 17.9 Å². The Morgan fingerprint density at radius 1 is 1.03 bits per heavy atom. The van der Waals surface area contributed by atoms with E-state index in [1.54, 1.807) is 12.1 Å². The number of nitrogens with zero attached hydrogens (tertiary/aromatic N) is 2. The van der Waals surface area contributed by atoms with Gasteiger partial charge >= 0.3 is 5.97 Å². The number of carbonyl (C=O) groups excluding carboxylic acids is 1. The number of anilines is 1. The van der Waals surface area contributed by atoms with Crippen LogP contribution in [-0.4, -0.2) is 38.5 Å². The van der Waals surface area contributed by atoms with Gasteiger partial charge in [-0.05, 0) is 43.5 Å². The van der Waals surface area contributed by atoms with Gasteiger partial charge in [-0.2, -0.15) is 0 Å². The van der Waals surface area contributed by atoms with Crippen LogP contribution < -0.4 is 10.6 Å². The number of hydrogen-bond donors (Lipinski definition) is 3. The van der Waals surface area contributed by atoms with E-state index in [0.717, 1.165) is 41.0 Å². The van der Waals surface area contributed by atoms with E-state index in [4.69, 9.17) is 4.98 Å². The fourth-order valence-corrected chi connectivity index (χ4v) is 5.05. The SMILES string of the molecule is Cc1cccc(-c2nc3cc(C(=O)NC(Cc4ccccc4)C(=O)O)ccn3c2NC2CCCCC2)c1. The first-order valence-corrected chi connectivity index (χ1v) is 12.9. The molecule has 4 aromatic rings. The molecule has 190 valence electrons. The number of nitrogens with one attached hydrogen (secondary N) is 2. The molecule has 0 radical (unpaired) electrons. The van der Waals surface area contributed by atoms with Crippen molar-refractivity contribution in [1.29, 1.82) is 0 Å². The molecule has 7 heteroatoms. The van der Waals surface area contributed by atoms with Crippen LogP contribution in [0.5, 0.6) is 0 Å². The molecule has 0 bridgehead atoms. The normalized spacial score (nSPS) is 14.8. The Hall–Kier alpha value is -4.13. The first kappa shape index (κ1) is 24.6. The Kier molecular flexibility index (Phi) is 7.21. The highest BCUT2D eigenvalue weighted by molar-refractivity contribution is 5.97. The first-order valence-electron chi connectivity index (χ1n) is 12.9. The topological polar surface area (TPSA) is 95.7 Å². The van der Waals surface area contributed by atoms with E-state index in [9.17, 15) is 14.7 Å². The van der Waals surface area contributed by atoms with Gasteiger partial charge in [0.25, 0.3) is 5.91 Å². The Bertz CT molecular complexity index is 1410. The number of amides is 1. The fraction of sp³-hybridized carbons (Fsp3) is 0.300. The summed E-state index contributed by atoms with van der Waals surface area (Å²) in [6, 6.07) is 20.3. The van der Waals surface area contributed by atoms with Crippen LogP contribution in [0.25, 0.3) is 16.9 Å². The highest BCUT2D eigenvalue weighted by Gasteiger charge is 2.23. The molecule has 7 nitrogen and oxygen atoms in total. The van der Waals surface area contributed by atoms with E-state index in [0.29, 0.717) is 17.3 Å². The average Bonchev–Trinajstić information content (AvgIpc) is 3.27. The predicted molar refractivity (Wildman–Crippen MR) is 145 cm³/mol. The smallest absolute Gasteiger partial charge is 0.326 e. The standard InChI is InChI=1S/C30H32N4O3/c1-20-9-8-12-22(17-20)27-28(31-24-13-6-3-7-14-24)34-16-15-23(19-26(34)33-27)29(35)32-25(30(36)37)18-21-10-4-2-5-11-21/h2,4-5,8-12,15-17,19,24-25,31H,3,6-7,13-14,18H2,1H3,(H,32,35)(H,36,37). The Morgan fingerprint density at radius 3 is 2.54 bits per heavy atom. The van der Waals surface area contributed by atoms with E-state index in [1.165, 1.54) is 19.3 Å². The monoisotopic (exact) mass is 496 g/mol. The quantitative estimate of drug-likeness (QED) is 0.300. The van der Waals surface area contributed by atoms with Gasteiger partial charge in [-0.15, -0.1) is 0 Å². The molecule has 1 saturated carbocycles. The minimum atomic E-state index is -1.07. The van der Waals surface area contributed by atoms with Gasteiger partial charge in [-0.3, -0.25) is 9.20 Å². The summed E-state index contributed by atoms with van der Waals surface area (Å²) in [6.45, 7) is 2.06. The summed E-state index contributed by atoms with van der Waals surface area (Å²) in [5, 5.41) is 16.1. The summed E-state index contributed by atoms with van der Waals surface area (Å²) in [4.78, 5) is 29.9. The lowest BCUT2D eigenvalue weighted by Crippen LogP contribution is -2.42. The minimum absolute atomic E-state index is 0.209. The lowest BCUT2D eigenvalue weighted by Gasteiger charge is -2.24. The lowest BCUT2D eigenvalue weighted by molar-refractivity contribution is -0.139. The maximum atomic E-state index is 13.1. The van der Waals surface area contributed by atoms with Gasteiger partial charge in [-0.1, -0.05) is 73.4 Å². The number of hydrogen-bond acceptors (Lipinski definition) is 4. The highest BCUT2D eigenvalue weighted by atomic mass is 16.4. The summed E-state index contributed by atoms with van der Waals surface area (Å²) < 4.78 is 1.99. The Morgan fingerprint density at radius 2 is 1.81 bits per heavy atom. The molecule has 1 fully saturated rings. The van der Waals surface area contributed by atoms with Crippen LogP contribution in [0, 0.1) is 6.92 Å². The molecule has 1 unspecified atom stereocenters. The molecular formula is C30H32N4O3. The van der Waals surface area contributed by atoms with Crippen LogP contribution >= 0.6 is 0 Å². The molecule has 0 aliphatic heterocycles. The maximum Gasteiger partial charge on any atom is 0.326 e. The van der Waals surface area contributed by atoms with Crippen LogP contribution in [0.1, 0.15) is 53.6 Å². The van der Waals surface area contributed by atoms with Crippen molar-refractivity contribution in [1.82, 2.24) is 14.7 Å². The van der Waals surface area contributed by atoms with Gasteiger partial charge in [0.2, 0.25) is 0 Å². The predicted octanol–water partition coefficient (Wildman–Crippen LogP) is 5.48. The zero-order chi connectivity index (χ0) is 25.8. The summed E-state index contributed by atoms with van der Waals surface area (Å²) >= 11 is 0. The van der Waals surface area contributed by atoms with Crippen molar-refractivity contribution < 1.29 is 14.7 Å². The fourth-order valence-electron chi connectivity index (χ4n) is 5.05. The van der Waals surface area contributed by atoms with Crippen LogP contribution in [0.3, 0.4) is 0 Å². The number of aliphatic carboxylic acids is 1. The number of aromatic nitrogens is 2. The zero-order valence-electron chi connectivity index (χ0n) is 21.0. The number of carboxylic acid groups (broad SMARTS) is 1. The molecule has 37 heavy (non-hydrogen) atoms. The van der Waals surface area contributed by atoms with Gasteiger partial charge in [0.1, 0.15) is 23.2 Å². The van der Waals surface area contributed by atoms with Crippen molar-refractivity contribution in [3.05, 3.63) is 89.6 Å². The van der Waals surface area contributed by atoms with Gasteiger partial charge < -0.3 is 15.7 Å². The minimum Gasteiger partial charge on any atom is -0.480 e. The number of fused-ring (bicyclic) bond motifs is 1. The van der Waals surface area contributed by atoms with Crippen LogP contribution in [0.2, 0.25) is 0 Å². The number of aryl methyl sites for hydroxylation is 1. The van der Waals surface area contributed by atoms with Crippen LogP contribution in [0.15, 0.2) is 72.9 Å². The molecule has 0 spiro atoms.